The van der Waals surface area contributed by atoms with Gasteiger partial charge in [-0.1, -0.05) is 36.4 Å². The maximum atomic E-state index is 3.59. The lowest BCUT2D eigenvalue weighted by atomic mass is 10.1. The zero-order chi connectivity index (χ0) is 7.28. The predicted octanol–water partition coefficient (Wildman–Crippen LogP) is 3.14. The summed E-state index contributed by atoms with van der Waals surface area (Å²) in [5.41, 5.74) is 4.17. The van der Waals surface area contributed by atoms with E-state index in [4.69, 9.17) is 0 Å². The van der Waals surface area contributed by atoms with Crippen LogP contribution in [0.5, 0.6) is 0 Å². The van der Waals surface area contributed by atoms with Gasteiger partial charge in [0.2, 0.25) is 0 Å². The van der Waals surface area contributed by atoms with Crippen LogP contribution in [0.15, 0.2) is 17.9 Å². The van der Waals surface area contributed by atoms with Crippen LogP contribution in [0.3, 0.4) is 0 Å². The third-order valence-corrected chi connectivity index (χ3v) is 1.74. The third-order valence-electron chi connectivity index (χ3n) is 1.07. The molecule has 0 aliphatic carbocycles. The highest BCUT2D eigenvalue weighted by molar-refractivity contribution is 9.09. The van der Waals surface area contributed by atoms with Crippen molar-refractivity contribution >= 4 is 15.9 Å². The zero-order valence-electron chi connectivity index (χ0n) is 6.08. The lowest BCUT2D eigenvalue weighted by Crippen LogP contribution is -1.90. The number of rotatable bonds is 3. The van der Waals surface area contributed by atoms with Crippen molar-refractivity contribution in [2.45, 2.75) is 20.3 Å². The molecule has 52 valence electrons. The Kier molecular flexibility index (Phi) is 4.84. The molecule has 0 saturated heterocycles. The minimum Gasteiger partial charge on any atom is -0.129 e. The van der Waals surface area contributed by atoms with Crippen molar-refractivity contribution in [2.24, 2.45) is 5.92 Å². The van der Waals surface area contributed by atoms with Crippen LogP contribution in [0.25, 0.3) is 0 Å². The van der Waals surface area contributed by atoms with Crippen LogP contribution in [-0.4, -0.2) is 5.33 Å². The van der Waals surface area contributed by atoms with Gasteiger partial charge in [-0.25, -0.2) is 0 Å². The Morgan fingerprint density at radius 3 is 2.33 bits per heavy atom. The molecule has 0 N–H and O–H groups in total. The van der Waals surface area contributed by atoms with E-state index in [1.807, 2.05) is 0 Å². The second-order valence-electron chi connectivity index (χ2n) is 2.51. The van der Waals surface area contributed by atoms with E-state index >= 15 is 0 Å². The van der Waals surface area contributed by atoms with Crippen LogP contribution in [0.1, 0.15) is 20.3 Å². The van der Waals surface area contributed by atoms with Crippen LogP contribution in [0.2, 0.25) is 0 Å². The molecule has 0 bridgehead atoms. The van der Waals surface area contributed by atoms with Gasteiger partial charge in [0.25, 0.3) is 0 Å². The van der Waals surface area contributed by atoms with Crippen molar-refractivity contribution in [3.05, 3.63) is 17.9 Å². The fourth-order valence-corrected chi connectivity index (χ4v) is 1.09. The van der Waals surface area contributed by atoms with Gasteiger partial charge in [0, 0.05) is 5.33 Å². The number of hydrogen-bond donors (Lipinski definition) is 0. The highest BCUT2D eigenvalue weighted by atomic mass is 79.9. The first-order chi connectivity index (χ1) is 4.20. The van der Waals surface area contributed by atoms with Crippen LogP contribution >= 0.6 is 15.9 Å². The van der Waals surface area contributed by atoms with Gasteiger partial charge < -0.3 is 0 Å². The Morgan fingerprint density at radius 1 is 1.67 bits per heavy atom. The van der Waals surface area contributed by atoms with Crippen molar-refractivity contribution in [1.29, 1.82) is 0 Å². The fourth-order valence-electron chi connectivity index (χ4n) is 0.667. The van der Waals surface area contributed by atoms with Gasteiger partial charge in [-0.05, 0) is 17.9 Å². The average molecular weight is 189 g/mol. The molecular weight excluding hydrogens is 176 g/mol. The predicted molar refractivity (Wildman–Crippen MR) is 45.9 cm³/mol. The van der Waals surface area contributed by atoms with Crippen LogP contribution in [0.4, 0.5) is 0 Å². The molecule has 9 heavy (non-hydrogen) atoms. The fraction of sp³-hybridized carbons (Fsp3) is 0.625. The lowest BCUT2D eigenvalue weighted by molar-refractivity contribution is 0.645. The Morgan fingerprint density at radius 2 is 2.22 bits per heavy atom. The highest BCUT2D eigenvalue weighted by Crippen LogP contribution is 2.10. The Bertz CT molecular complexity index is 119. The van der Waals surface area contributed by atoms with Gasteiger partial charge in [0.05, 0.1) is 0 Å². The molecule has 0 aromatic heterocycles. The minimum atomic E-state index is 0.715. The first-order valence-corrected chi connectivity index (χ1v) is 4.26. The van der Waals surface area contributed by atoms with Crippen molar-refractivity contribution in [3.8, 4) is 0 Å². The standard InChI is InChI=1S/C8H13Br/c1-4-8(6-9)5-7(2)3/h7H,1,5-6H2,2-3H3. The molecule has 0 fully saturated rings. The van der Waals surface area contributed by atoms with E-state index in [9.17, 15) is 0 Å². The SMILES string of the molecule is C=C=C(CBr)CC(C)C. The van der Waals surface area contributed by atoms with E-state index in [1.54, 1.807) is 0 Å². The van der Waals surface area contributed by atoms with Crippen molar-refractivity contribution < 1.29 is 0 Å². The second-order valence-corrected chi connectivity index (χ2v) is 3.07. The first-order valence-electron chi connectivity index (χ1n) is 3.14. The average Bonchev–Trinajstić information content (AvgIpc) is 1.82. The van der Waals surface area contributed by atoms with Crippen LogP contribution < -0.4 is 0 Å². The van der Waals surface area contributed by atoms with E-state index in [2.05, 4.69) is 42.1 Å². The molecule has 0 nitrogen and oxygen atoms in total. The van der Waals surface area contributed by atoms with Crippen LogP contribution in [0, 0.1) is 5.92 Å². The topological polar surface area (TPSA) is 0 Å². The van der Waals surface area contributed by atoms with Crippen LogP contribution in [-0.2, 0) is 0 Å². The maximum Gasteiger partial charge on any atom is 0.0317 e. The van der Waals surface area contributed by atoms with Crippen molar-refractivity contribution in [3.63, 3.8) is 0 Å². The van der Waals surface area contributed by atoms with E-state index in [0.29, 0.717) is 5.92 Å². The molecule has 0 aliphatic rings. The summed E-state index contributed by atoms with van der Waals surface area (Å²) in [6.07, 6.45) is 1.11. The van der Waals surface area contributed by atoms with E-state index < -0.39 is 0 Å². The van der Waals surface area contributed by atoms with E-state index in [1.165, 1.54) is 5.57 Å². The molecule has 0 unspecified atom stereocenters. The minimum absolute atomic E-state index is 0.715. The van der Waals surface area contributed by atoms with Crippen molar-refractivity contribution in [1.82, 2.24) is 0 Å². The lowest BCUT2D eigenvalue weighted by Gasteiger charge is -2.02. The summed E-state index contributed by atoms with van der Waals surface area (Å²) in [7, 11) is 0. The molecule has 1 heteroatoms. The van der Waals surface area contributed by atoms with Gasteiger partial charge >= 0.3 is 0 Å². The molecule has 0 spiro atoms. The Labute approximate surface area is 65.8 Å². The van der Waals surface area contributed by atoms with Gasteiger partial charge in [0.15, 0.2) is 0 Å². The van der Waals surface area contributed by atoms with E-state index in [-0.39, 0.29) is 0 Å². The smallest absolute Gasteiger partial charge is 0.0317 e. The zero-order valence-corrected chi connectivity index (χ0v) is 7.66. The molecular formula is C8H13Br. The third kappa shape index (κ3) is 4.50. The van der Waals surface area contributed by atoms with E-state index in [0.717, 1.165) is 11.8 Å². The summed E-state index contributed by atoms with van der Waals surface area (Å²) >= 11 is 3.36. The van der Waals surface area contributed by atoms with Crippen molar-refractivity contribution in [2.75, 3.05) is 5.33 Å². The Balaban J connectivity index is 3.72. The number of hydrogen-bond acceptors (Lipinski definition) is 0. The first kappa shape index (κ1) is 9.00. The maximum absolute atomic E-state index is 3.59. The molecule has 0 saturated carbocycles. The molecule has 0 aromatic rings. The Hall–Kier alpha value is 0. The summed E-state index contributed by atoms with van der Waals surface area (Å²) in [5.74, 6) is 0.715. The largest absolute Gasteiger partial charge is 0.129 e. The van der Waals surface area contributed by atoms with Gasteiger partial charge in [0.1, 0.15) is 0 Å². The monoisotopic (exact) mass is 188 g/mol. The summed E-state index contributed by atoms with van der Waals surface area (Å²) in [6.45, 7) is 7.98. The molecule has 0 aliphatic heterocycles. The molecule has 0 amide bonds. The van der Waals surface area contributed by atoms with Gasteiger partial charge in [-0.15, -0.1) is 5.73 Å². The molecule has 0 rings (SSSR count). The number of alkyl halides is 1. The summed E-state index contributed by atoms with van der Waals surface area (Å²) in [5, 5.41) is 0.911. The van der Waals surface area contributed by atoms with Gasteiger partial charge in [-0.3, -0.25) is 0 Å². The molecule has 0 radical (unpaired) electrons. The van der Waals surface area contributed by atoms with Gasteiger partial charge in [-0.2, -0.15) is 0 Å². The summed E-state index contributed by atoms with van der Waals surface area (Å²) in [4.78, 5) is 0. The number of halogens is 1. The second kappa shape index (κ2) is 4.84. The summed E-state index contributed by atoms with van der Waals surface area (Å²) in [6, 6.07) is 0. The molecule has 0 atom stereocenters. The summed E-state index contributed by atoms with van der Waals surface area (Å²) < 4.78 is 0. The molecule has 0 aromatic carbocycles. The normalized spacial score (nSPS) is 9.33. The number of allylic oxidation sites excluding steroid dienone is 1. The quantitative estimate of drug-likeness (QED) is 0.472. The molecule has 0 heterocycles. The highest BCUT2D eigenvalue weighted by Gasteiger charge is 1.96.